The molecule has 0 aliphatic carbocycles. The van der Waals surface area contributed by atoms with Gasteiger partial charge in [0.2, 0.25) is 0 Å². The summed E-state index contributed by atoms with van der Waals surface area (Å²) in [6.45, 7) is 0. The van der Waals surface area contributed by atoms with E-state index in [1.807, 2.05) is 0 Å². The largest absolute Gasteiger partial charge is 2.00 e. The maximum absolute atomic E-state index is 7.10. The molecule has 0 aromatic rings. The van der Waals surface area contributed by atoms with Crippen molar-refractivity contribution >= 4 is 37.7 Å². The minimum absolute atomic E-state index is 0. The summed E-state index contributed by atoms with van der Waals surface area (Å²) < 4.78 is 0. The molecule has 32 valence electrons. The molecular formula is CH4CaN2O2. The zero-order valence-electron chi connectivity index (χ0n) is 3.13. The number of nitrogens with two attached hydrogens (primary N) is 1. The van der Waals surface area contributed by atoms with Gasteiger partial charge in [0, 0.05) is 0 Å². The van der Waals surface area contributed by atoms with E-state index in [0.717, 1.165) is 0 Å². The Labute approximate surface area is 65.5 Å². The maximum Gasteiger partial charge on any atom is 2.00 e. The van der Waals surface area contributed by atoms with Gasteiger partial charge in [-0.05, 0) is 0 Å². The molecule has 0 amide bonds. The van der Waals surface area contributed by atoms with E-state index in [1.54, 1.807) is 0 Å². The van der Waals surface area contributed by atoms with Crippen LogP contribution in [0.5, 0.6) is 0 Å². The summed E-state index contributed by atoms with van der Waals surface area (Å²) in [5.74, 6) is 0. The Hall–Kier alpha value is 0.470. The molecule has 0 fully saturated rings. The van der Waals surface area contributed by atoms with Crippen LogP contribution in [0, 0.1) is 11.5 Å². The van der Waals surface area contributed by atoms with Crippen LogP contribution in [0.4, 0.5) is 0 Å². The second-order valence-electron chi connectivity index (χ2n) is 0.129. The van der Waals surface area contributed by atoms with Crippen molar-refractivity contribution in [1.82, 2.24) is 0 Å². The van der Waals surface area contributed by atoms with Crippen LogP contribution in [0.1, 0.15) is 0 Å². The van der Waals surface area contributed by atoms with Crippen LogP contribution in [0.15, 0.2) is 0 Å². The van der Waals surface area contributed by atoms with Crippen molar-refractivity contribution in [2.75, 3.05) is 0 Å². The first-order valence-electron chi connectivity index (χ1n) is 0.512. The number of hydrogen-bond acceptors (Lipinski definition) is 4. The molecule has 0 rings (SSSR count). The number of nitriles is 1. The molecule has 0 saturated heterocycles. The number of rotatable bonds is 0. The molecule has 0 aromatic carbocycles. The van der Waals surface area contributed by atoms with Gasteiger partial charge < -0.3 is 16.7 Å². The SMILES string of the molecule is N#CN.[Ca+2].[OH-].[OH-]. The molecule has 0 aliphatic rings. The van der Waals surface area contributed by atoms with E-state index in [1.165, 1.54) is 6.19 Å². The summed E-state index contributed by atoms with van der Waals surface area (Å²) in [6, 6.07) is 0. The minimum Gasteiger partial charge on any atom is -0.870 e. The summed E-state index contributed by atoms with van der Waals surface area (Å²) in [4.78, 5) is 0. The Balaban J connectivity index is -0.00000000667. The number of nitrogens with zero attached hydrogens (tertiary/aromatic N) is 1. The molecule has 6 heavy (non-hydrogen) atoms. The summed E-state index contributed by atoms with van der Waals surface area (Å²) in [6.07, 6.45) is 1.25. The molecule has 0 atom stereocenters. The Kier molecular flexibility index (Phi) is 268. The van der Waals surface area contributed by atoms with E-state index >= 15 is 0 Å². The normalized spacial score (nSPS) is 1.17. The van der Waals surface area contributed by atoms with Gasteiger partial charge in [-0.2, -0.15) is 5.26 Å². The van der Waals surface area contributed by atoms with E-state index in [2.05, 4.69) is 5.73 Å². The predicted octanol–water partition coefficient (Wildman–Crippen LogP) is -1.31. The molecule has 5 heteroatoms. The van der Waals surface area contributed by atoms with Gasteiger partial charge in [-0.3, -0.25) is 0 Å². The van der Waals surface area contributed by atoms with Crippen LogP contribution in [0.2, 0.25) is 0 Å². The Bertz CT molecular complexity index is 33.0. The van der Waals surface area contributed by atoms with Crippen molar-refractivity contribution < 1.29 is 11.0 Å². The van der Waals surface area contributed by atoms with Gasteiger partial charge in [0.25, 0.3) is 0 Å². The van der Waals surface area contributed by atoms with E-state index in [4.69, 9.17) is 5.26 Å². The van der Waals surface area contributed by atoms with Crippen molar-refractivity contribution in [2.24, 2.45) is 5.73 Å². The Morgan fingerprint density at radius 3 is 1.33 bits per heavy atom. The first kappa shape index (κ1) is 31.7. The average Bonchev–Trinajstić information content (AvgIpc) is 0.918. The van der Waals surface area contributed by atoms with Gasteiger partial charge >= 0.3 is 37.7 Å². The van der Waals surface area contributed by atoms with Crippen LogP contribution in [0.25, 0.3) is 0 Å². The van der Waals surface area contributed by atoms with E-state index in [-0.39, 0.29) is 48.7 Å². The first-order valence-corrected chi connectivity index (χ1v) is 0.512. The molecule has 4 N–H and O–H groups in total. The third-order valence-electron chi connectivity index (χ3n) is 0. The molecule has 0 spiro atoms. The zero-order valence-corrected chi connectivity index (χ0v) is 5.33. The molecule has 0 aliphatic heterocycles. The first-order chi connectivity index (χ1) is 1.41. The molecule has 0 bridgehead atoms. The third kappa shape index (κ3) is 244. The zero-order chi connectivity index (χ0) is 2.71. The third-order valence-corrected chi connectivity index (χ3v) is 0. The van der Waals surface area contributed by atoms with Crippen LogP contribution >= 0.6 is 0 Å². The molecule has 0 aromatic heterocycles. The maximum atomic E-state index is 7.10. The standard InChI is InChI=1S/CH2N2.Ca.2H2O/c2-1-3;;;/h2H2;;2*1H2/q;+2;;/p-2. The van der Waals surface area contributed by atoms with E-state index < -0.39 is 0 Å². The molecule has 0 heterocycles. The number of hydrogen-bond donors (Lipinski definition) is 1. The summed E-state index contributed by atoms with van der Waals surface area (Å²) in [5, 5.41) is 7.10. The second-order valence-corrected chi connectivity index (χ2v) is 0.129. The van der Waals surface area contributed by atoms with Crippen LogP contribution in [-0.2, 0) is 0 Å². The van der Waals surface area contributed by atoms with Crippen molar-refractivity contribution in [3.8, 4) is 6.19 Å². The summed E-state index contributed by atoms with van der Waals surface area (Å²) in [7, 11) is 0. The fourth-order valence-corrected chi connectivity index (χ4v) is 0. The molecule has 0 saturated carbocycles. The van der Waals surface area contributed by atoms with Crippen molar-refractivity contribution in [3.63, 3.8) is 0 Å². The van der Waals surface area contributed by atoms with Gasteiger partial charge in [0.05, 0.1) is 0 Å². The van der Waals surface area contributed by atoms with Crippen molar-refractivity contribution in [1.29, 1.82) is 5.26 Å². The Morgan fingerprint density at radius 2 is 1.33 bits per heavy atom. The molecule has 0 unspecified atom stereocenters. The summed E-state index contributed by atoms with van der Waals surface area (Å²) in [5.41, 5.74) is 4.15. The van der Waals surface area contributed by atoms with Crippen LogP contribution in [-0.4, -0.2) is 48.7 Å². The van der Waals surface area contributed by atoms with Gasteiger partial charge in [0.15, 0.2) is 6.19 Å². The quantitative estimate of drug-likeness (QED) is 0.240. The Morgan fingerprint density at radius 1 is 1.33 bits per heavy atom. The predicted molar refractivity (Wildman–Crippen MR) is 19.4 cm³/mol. The van der Waals surface area contributed by atoms with Gasteiger partial charge in [-0.1, -0.05) is 0 Å². The summed E-state index contributed by atoms with van der Waals surface area (Å²) >= 11 is 0. The van der Waals surface area contributed by atoms with E-state index in [9.17, 15) is 0 Å². The van der Waals surface area contributed by atoms with Crippen molar-refractivity contribution in [2.45, 2.75) is 0 Å². The molecule has 0 radical (unpaired) electrons. The van der Waals surface area contributed by atoms with E-state index in [0.29, 0.717) is 0 Å². The van der Waals surface area contributed by atoms with Crippen LogP contribution in [0.3, 0.4) is 0 Å². The fourth-order valence-electron chi connectivity index (χ4n) is 0. The smallest absolute Gasteiger partial charge is 0.870 e. The monoisotopic (exact) mass is 116 g/mol. The fraction of sp³-hybridized carbons (Fsp3) is 0. The average molecular weight is 116 g/mol. The van der Waals surface area contributed by atoms with Gasteiger partial charge in [-0.15, -0.1) is 0 Å². The van der Waals surface area contributed by atoms with Crippen molar-refractivity contribution in [3.05, 3.63) is 0 Å². The molecule has 4 nitrogen and oxygen atoms in total. The molecular weight excluding hydrogens is 112 g/mol. The van der Waals surface area contributed by atoms with Gasteiger partial charge in [0.1, 0.15) is 0 Å². The minimum atomic E-state index is 0. The second kappa shape index (κ2) is 50.6. The topological polar surface area (TPSA) is 110 Å². The van der Waals surface area contributed by atoms with Gasteiger partial charge in [-0.25, -0.2) is 0 Å². The van der Waals surface area contributed by atoms with Crippen LogP contribution < -0.4 is 5.73 Å².